The van der Waals surface area contributed by atoms with Crippen LogP contribution in [0.2, 0.25) is 0 Å². The number of hydrogen-bond donors (Lipinski definition) is 1. The molecule has 0 heterocycles. The highest BCUT2D eigenvalue weighted by atomic mass is 16.5. The van der Waals surface area contributed by atoms with Crippen LogP contribution in [0.4, 0.5) is 0 Å². The number of carbonyl (C=O) groups is 2. The van der Waals surface area contributed by atoms with E-state index in [0.717, 1.165) is 72.2 Å². The highest BCUT2D eigenvalue weighted by Crippen LogP contribution is 3.10. The van der Waals surface area contributed by atoms with E-state index >= 15 is 0 Å². The maximum atomic E-state index is 12.3. The Kier molecular flexibility index (Phi) is 3.92. The zero-order valence-electron chi connectivity index (χ0n) is 17.9. The van der Waals surface area contributed by atoms with Crippen molar-refractivity contribution in [1.29, 1.82) is 0 Å². The number of aliphatic hydroxyl groups excluding tert-OH is 1. The first-order valence-corrected chi connectivity index (χ1v) is 11.8. The van der Waals surface area contributed by atoms with Crippen molar-refractivity contribution in [3.63, 3.8) is 0 Å². The molecule has 7 aliphatic rings. The van der Waals surface area contributed by atoms with Crippen molar-refractivity contribution in [1.82, 2.24) is 0 Å². The summed E-state index contributed by atoms with van der Waals surface area (Å²) < 4.78 is 4.64. The van der Waals surface area contributed by atoms with E-state index in [2.05, 4.69) is 23.8 Å². The number of hydrogen-bond acceptors (Lipinski definition) is 4. The smallest absolute Gasteiger partial charge is 0.305 e. The van der Waals surface area contributed by atoms with Gasteiger partial charge in [0.1, 0.15) is 0 Å². The molecule has 0 aliphatic heterocycles. The Hall–Kier alpha value is -1.68. The molecule has 0 bridgehead atoms. The molecule has 30 heavy (non-hydrogen) atoms. The minimum Gasteiger partial charge on any atom is -0.469 e. The van der Waals surface area contributed by atoms with Gasteiger partial charge in [-0.3, -0.25) is 9.59 Å². The van der Waals surface area contributed by atoms with E-state index in [1.807, 2.05) is 12.2 Å². The molecule has 7 rings (SSSR count). The molecule has 160 valence electrons. The third-order valence-corrected chi connectivity index (χ3v) is 10.2. The Morgan fingerprint density at radius 1 is 1.20 bits per heavy atom. The third kappa shape index (κ3) is 1.98. The van der Waals surface area contributed by atoms with E-state index in [1.54, 1.807) is 6.08 Å². The van der Waals surface area contributed by atoms with Crippen molar-refractivity contribution in [2.75, 3.05) is 7.11 Å². The lowest BCUT2D eigenvalue weighted by atomic mass is 8.92. The molecule has 0 aromatic rings. The average Bonchev–Trinajstić information content (AvgIpc) is 3.10. The molecular formula is C26H32O4. The summed E-state index contributed by atoms with van der Waals surface area (Å²) in [4.78, 5) is 23.4. The summed E-state index contributed by atoms with van der Waals surface area (Å²) in [6, 6.07) is 0. The summed E-state index contributed by atoms with van der Waals surface area (Å²) in [5.74, 6) is 5.88. The number of aliphatic hydroxyl groups is 1. The van der Waals surface area contributed by atoms with Gasteiger partial charge in [0.2, 0.25) is 0 Å². The molecule has 0 spiro atoms. The fraction of sp³-hybridized carbons (Fsp3) is 0.692. The van der Waals surface area contributed by atoms with Crippen molar-refractivity contribution in [2.45, 2.75) is 51.6 Å². The predicted molar refractivity (Wildman–Crippen MR) is 112 cm³/mol. The van der Waals surface area contributed by atoms with Crippen LogP contribution in [0.25, 0.3) is 0 Å². The molecule has 6 saturated carbocycles. The van der Waals surface area contributed by atoms with Crippen molar-refractivity contribution in [3.8, 4) is 0 Å². The van der Waals surface area contributed by atoms with Crippen LogP contribution in [-0.2, 0) is 14.3 Å². The van der Waals surface area contributed by atoms with Gasteiger partial charge in [0.15, 0.2) is 5.78 Å². The number of methoxy groups -OCH3 is 1. The molecule has 4 nitrogen and oxygen atoms in total. The fourth-order valence-electron chi connectivity index (χ4n) is 9.32. The summed E-state index contributed by atoms with van der Waals surface area (Å²) >= 11 is 0. The number of ether oxygens (including phenoxy) is 1. The Morgan fingerprint density at radius 3 is 2.57 bits per heavy atom. The van der Waals surface area contributed by atoms with Crippen LogP contribution in [0, 0.1) is 52.3 Å². The van der Waals surface area contributed by atoms with Gasteiger partial charge in [-0.2, -0.15) is 0 Å². The maximum absolute atomic E-state index is 12.3. The minimum atomic E-state index is -0.307. The molecule has 0 amide bonds. The van der Waals surface area contributed by atoms with Gasteiger partial charge in [0.25, 0.3) is 0 Å². The molecule has 4 heteroatoms. The number of esters is 1. The molecule has 1 N–H and O–H groups in total. The van der Waals surface area contributed by atoms with Crippen LogP contribution in [0.15, 0.2) is 36.0 Å². The Balaban J connectivity index is 0.984. The zero-order chi connectivity index (χ0) is 20.8. The highest BCUT2D eigenvalue weighted by Gasteiger charge is 3.07. The number of rotatable bonds is 10. The van der Waals surface area contributed by atoms with Crippen LogP contribution in [0.1, 0.15) is 45.4 Å². The van der Waals surface area contributed by atoms with Crippen molar-refractivity contribution < 1.29 is 19.4 Å². The molecule has 7 aliphatic carbocycles. The van der Waals surface area contributed by atoms with Crippen LogP contribution >= 0.6 is 0 Å². The second kappa shape index (κ2) is 6.18. The van der Waals surface area contributed by atoms with Crippen molar-refractivity contribution >= 4 is 11.8 Å². The lowest BCUT2D eigenvalue weighted by molar-refractivity contribution is -0.656. The topological polar surface area (TPSA) is 63.6 Å². The molecule has 2 atom stereocenters. The molecular weight excluding hydrogens is 376 g/mol. The first-order chi connectivity index (χ1) is 14.5. The Morgan fingerprint density at radius 2 is 1.90 bits per heavy atom. The molecule has 6 fully saturated rings. The van der Waals surface area contributed by atoms with Crippen LogP contribution in [-0.4, -0.2) is 30.1 Å². The standard InChI is InChI=1S/C26H32O4/c1-25-19-22-20(25)24-21(25)23(19)26(22,24)13-15(27)10-11-16-14(9-12-17(16)28)7-5-3-4-6-8-18(29)30-2/h3,5,9,11-12,14-15,19-24,27H,4,6-8,10,13H2,1-2H3/b5-3-,16-11+/t14-,15+,19?,20?,21?,22?,23?,24?,25?,26?/m0/s1. The normalized spacial score (nSPS) is 49.8. The predicted octanol–water partition coefficient (Wildman–Crippen LogP) is 3.86. The van der Waals surface area contributed by atoms with E-state index in [0.29, 0.717) is 18.3 Å². The first kappa shape index (κ1) is 19.0. The molecule has 0 aromatic carbocycles. The van der Waals surface area contributed by atoms with E-state index in [1.165, 1.54) is 7.11 Å². The molecule has 0 aromatic heterocycles. The van der Waals surface area contributed by atoms with E-state index < -0.39 is 0 Å². The van der Waals surface area contributed by atoms with Crippen LogP contribution in [0.5, 0.6) is 0 Å². The number of unbranched alkanes of at least 4 members (excludes halogenated alkanes) is 1. The summed E-state index contributed by atoms with van der Waals surface area (Å²) in [6.45, 7) is 2.51. The summed E-state index contributed by atoms with van der Waals surface area (Å²) in [5.41, 5.74) is 2.09. The Bertz CT molecular complexity index is 839. The van der Waals surface area contributed by atoms with Crippen LogP contribution < -0.4 is 0 Å². The largest absolute Gasteiger partial charge is 0.469 e. The minimum absolute atomic E-state index is 0.0932. The van der Waals surface area contributed by atoms with E-state index in [9.17, 15) is 14.7 Å². The lowest BCUT2D eigenvalue weighted by Crippen LogP contribution is -3.09. The Labute approximate surface area is 178 Å². The third-order valence-electron chi connectivity index (χ3n) is 10.2. The van der Waals surface area contributed by atoms with Gasteiger partial charge in [-0.1, -0.05) is 31.2 Å². The first-order valence-electron chi connectivity index (χ1n) is 11.8. The number of carbonyl (C=O) groups excluding carboxylic acids is 2. The van der Waals surface area contributed by atoms with Crippen LogP contribution in [0.3, 0.4) is 0 Å². The van der Waals surface area contributed by atoms with Crippen molar-refractivity contribution in [3.05, 3.63) is 36.0 Å². The number of ketones is 1. The average molecular weight is 409 g/mol. The van der Waals surface area contributed by atoms with Crippen molar-refractivity contribution in [2.24, 2.45) is 52.3 Å². The van der Waals surface area contributed by atoms with Gasteiger partial charge in [-0.15, -0.1) is 0 Å². The maximum Gasteiger partial charge on any atom is 0.305 e. The van der Waals surface area contributed by atoms with Gasteiger partial charge in [-0.25, -0.2) is 0 Å². The zero-order valence-corrected chi connectivity index (χ0v) is 17.9. The molecule has 0 saturated heterocycles. The van der Waals surface area contributed by atoms with Gasteiger partial charge in [0.05, 0.1) is 13.2 Å². The quantitative estimate of drug-likeness (QED) is 0.258. The van der Waals surface area contributed by atoms with E-state index in [4.69, 9.17) is 0 Å². The SMILES string of the molecule is COC(=O)CCC/C=C\C[C@H]1C=CC(=O)/C1=C/C[C@@H](O)CC12C3C4C1C1C2C3C41C. The molecule has 0 radical (unpaired) electrons. The summed E-state index contributed by atoms with van der Waals surface area (Å²) in [7, 11) is 1.41. The van der Waals surface area contributed by atoms with E-state index in [-0.39, 0.29) is 23.8 Å². The highest BCUT2D eigenvalue weighted by molar-refractivity contribution is 6.07. The van der Waals surface area contributed by atoms with Gasteiger partial charge in [0, 0.05) is 17.9 Å². The van der Waals surface area contributed by atoms with Gasteiger partial charge >= 0.3 is 5.97 Å². The number of allylic oxidation sites excluding steroid dienone is 5. The fourth-order valence-corrected chi connectivity index (χ4v) is 9.32. The second-order valence-corrected chi connectivity index (χ2v) is 10.9. The van der Waals surface area contributed by atoms with Gasteiger partial charge in [-0.05, 0) is 84.5 Å². The molecule has 0 unspecified atom stereocenters. The summed E-state index contributed by atoms with van der Waals surface area (Å²) in [6.07, 6.45) is 14.0. The lowest BCUT2D eigenvalue weighted by Gasteiger charge is -3.12. The monoisotopic (exact) mass is 408 g/mol. The summed E-state index contributed by atoms with van der Waals surface area (Å²) in [5, 5.41) is 10.8. The second-order valence-electron chi connectivity index (χ2n) is 10.9. The van der Waals surface area contributed by atoms with Gasteiger partial charge < -0.3 is 9.84 Å².